The molecule has 2 aromatic rings. The number of nitrogens with zero attached hydrogens (tertiary/aromatic N) is 1. The van der Waals surface area contributed by atoms with Crippen molar-refractivity contribution in [3.05, 3.63) is 41.9 Å². The number of benzene rings is 1. The maximum absolute atomic E-state index is 12.3. The Morgan fingerprint density at radius 3 is 2.33 bits per heavy atom. The van der Waals surface area contributed by atoms with E-state index in [0.29, 0.717) is 17.2 Å². The number of sulfonamides is 1. The molecule has 114 valence electrons. The molecule has 7 heteroatoms. The molecule has 0 aliphatic carbocycles. The quantitative estimate of drug-likeness (QED) is 0.881. The zero-order chi connectivity index (χ0) is 15.6. The van der Waals surface area contributed by atoms with E-state index in [1.54, 1.807) is 19.1 Å². The zero-order valence-electron chi connectivity index (χ0n) is 12.3. The second kappa shape index (κ2) is 5.79. The maximum atomic E-state index is 12.3. The van der Waals surface area contributed by atoms with E-state index < -0.39 is 10.0 Å². The van der Waals surface area contributed by atoms with E-state index in [4.69, 9.17) is 10.2 Å². The van der Waals surface area contributed by atoms with Crippen LogP contribution in [-0.4, -0.2) is 22.5 Å². The molecular formula is C14H19N3O3S. The van der Waals surface area contributed by atoms with Crippen LogP contribution in [0.25, 0.3) is 0 Å². The van der Waals surface area contributed by atoms with Gasteiger partial charge in [0, 0.05) is 31.5 Å². The van der Waals surface area contributed by atoms with Crippen molar-refractivity contribution in [2.75, 3.05) is 23.7 Å². The van der Waals surface area contributed by atoms with Gasteiger partial charge in [0.2, 0.25) is 0 Å². The molecule has 1 aromatic carbocycles. The maximum Gasteiger partial charge on any atom is 0.265 e. The fourth-order valence-electron chi connectivity index (χ4n) is 1.93. The van der Waals surface area contributed by atoms with Crippen molar-refractivity contribution in [3.8, 4) is 0 Å². The van der Waals surface area contributed by atoms with Crippen LogP contribution in [0.2, 0.25) is 0 Å². The van der Waals surface area contributed by atoms with E-state index in [1.807, 2.05) is 31.1 Å². The lowest BCUT2D eigenvalue weighted by Gasteiger charge is -2.13. The molecule has 21 heavy (non-hydrogen) atoms. The van der Waals surface area contributed by atoms with Gasteiger partial charge in [0.1, 0.15) is 16.4 Å². The van der Waals surface area contributed by atoms with Crippen molar-refractivity contribution in [3.63, 3.8) is 0 Å². The summed E-state index contributed by atoms with van der Waals surface area (Å²) in [6.07, 6.45) is 0. The molecule has 6 nitrogen and oxygen atoms in total. The van der Waals surface area contributed by atoms with Crippen LogP contribution in [0.1, 0.15) is 11.5 Å². The third-order valence-corrected chi connectivity index (χ3v) is 4.54. The average Bonchev–Trinajstić information content (AvgIpc) is 2.81. The van der Waals surface area contributed by atoms with Crippen LogP contribution < -0.4 is 15.4 Å². The molecule has 0 unspecified atom stereocenters. The Bertz CT molecular complexity index is 718. The van der Waals surface area contributed by atoms with Gasteiger partial charge in [0.25, 0.3) is 10.0 Å². The van der Waals surface area contributed by atoms with Gasteiger partial charge >= 0.3 is 0 Å². The topological polar surface area (TPSA) is 88.6 Å². The van der Waals surface area contributed by atoms with Gasteiger partial charge < -0.3 is 15.1 Å². The fraction of sp³-hybridized carbons (Fsp3) is 0.286. The molecular weight excluding hydrogens is 290 g/mol. The minimum absolute atomic E-state index is 0.111. The van der Waals surface area contributed by atoms with Gasteiger partial charge in [-0.2, -0.15) is 0 Å². The van der Waals surface area contributed by atoms with E-state index in [1.165, 1.54) is 6.07 Å². The monoisotopic (exact) mass is 309 g/mol. The van der Waals surface area contributed by atoms with Crippen LogP contribution in [0, 0.1) is 6.92 Å². The van der Waals surface area contributed by atoms with Crippen molar-refractivity contribution in [2.24, 2.45) is 5.73 Å². The van der Waals surface area contributed by atoms with E-state index in [9.17, 15) is 8.42 Å². The normalized spacial score (nSPS) is 11.4. The molecule has 0 saturated heterocycles. The van der Waals surface area contributed by atoms with Crippen LogP contribution in [-0.2, 0) is 16.6 Å². The standard InChI is InChI=1S/C14H19N3O3S/c1-10-14(8-13(9-15)20-10)21(18,19)16-11-4-6-12(7-5-11)17(2)3/h4-8,16H,9,15H2,1-3H3. The lowest BCUT2D eigenvalue weighted by atomic mass is 10.3. The Hall–Kier alpha value is -1.99. The second-order valence-corrected chi connectivity index (χ2v) is 6.53. The summed E-state index contributed by atoms with van der Waals surface area (Å²) in [5.74, 6) is 0.767. The summed E-state index contributed by atoms with van der Waals surface area (Å²) in [4.78, 5) is 2.05. The van der Waals surface area contributed by atoms with Gasteiger partial charge in [0.15, 0.2) is 0 Å². The average molecular weight is 309 g/mol. The highest BCUT2D eigenvalue weighted by Crippen LogP contribution is 2.23. The van der Waals surface area contributed by atoms with Crippen LogP contribution in [0.15, 0.2) is 39.6 Å². The Balaban J connectivity index is 2.26. The van der Waals surface area contributed by atoms with E-state index in [2.05, 4.69) is 4.72 Å². The third-order valence-electron chi connectivity index (χ3n) is 3.05. The largest absolute Gasteiger partial charge is 0.464 e. The predicted molar refractivity (Wildman–Crippen MR) is 82.9 cm³/mol. The Labute approximate surface area is 124 Å². The number of aryl methyl sites for hydroxylation is 1. The first-order valence-electron chi connectivity index (χ1n) is 6.43. The molecule has 2 rings (SSSR count). The number of nitrogens with two attached hydrogens (primary N) is 1. The molecule has 0 fully saturated rings. The first-order chi connectivity index (χ1) is 9.83. The Morgan fingerprint density at radius 1 is 1.24 bits per heavy atom. The van der Waals surface area contributed by atoms with E-state index >= 15 is 0 Å². The summed E-state index contributed by atoms with van der Waals surface area (Å²) < 4.78 is 32.5. The molecule has 1 aromatic heterocycles. The predicted octanol–water partition coefficient (Wildman–Crippen LogP) is 1.91. The van der Waals surface area contributed by atoms with Crippen LogP contribution in [0.4, 0.5) is 11.4 Å². The Morgan fingerprint density at radius 2 is 1.86 bits per heavy atom. The van der Waals surface area contributed by atoms with Crippen LogP contribution in [0.3, 0.4) is 0 Å². The molecule has 0 amide bonds. The molecule has 0 aliphatic heterocycles. The Kier molecular flexibility index (Phi) is 4.24. The highest BCUT2D eigenvalue weighted by atomic mass is 32.2. The van der Waals surface area contributed by atoms with Crippen molar-refractivity contribution < 1.29 is 12.8 Å². The molecule has 0 spiro atoms. The first kappa shape index (κ1) is 15.4. The van der Waals surface area contributed by atoms with Gasteiger partial charge in [0.05, 0.1) is 6.54 Å². The van der Waals surface area contributed by atoms with Gasteiger partial charge in [-0.15, -0.1) is 0 Å². The van der Waals surface area contributed by atoms with Gasteiger partial charge in [-0.3, -0.25) is 4.72 Å². The van der Waals surface area contributed by atoms with Crippen molar-refractivity contribution >= 4 is 21.4 Å². The van der Waals surface area contributed by atoms with E-state index in [0.717, 1.165) is 5.69 Å². The van der Waals surface area contributed by atoms with E-state index in [-0.39, 0.29) is 11.4 Å². The highest BCUT2D eigenvalue weighted by molar-refractivity contribution is 7.92. The molecule has 3 N–H and O–H groups in total. The summed E-state index contributed by atoms with van der Waals surface area (Å²) >= 11 is 0. The molecule has 0 radical (unpaired) electrons. The van der Waals surface area contributed by atoms with Crippen LogP contribution in [0.5, 0.6) is 0 Å². The molecule has 0 atom stereocenters. The number of hydrogen-bond donors (Lipinski definition) is 2. The first-order valence-corrected chi connectivity index (χ1v) is 7.91. The minimum atomic E-state index is -3.68. The smallest absolute Gasteiger partial charge is 0.265 e. The number of hydrogen-bond acceptors (Lipinski definition) is 5. The molecule has 0 bridgehead atoms. The van der Waals surface area contributed by atoms with Crippen molar-refractivity contribution in [2.45, 2.75) is 18.4 Å². The summed E-state index contributed by atoms with van der Waals surface area (Å²) in [6.45, 7) is 1.76. The summed E-state index contributed by atoms with van der Waals surface area (Å²) in [5, 5.41) is 0. The lowest BCUT2D eigenvalue weighted by molar-refractivity contribution is 0.479. The van der Waals surface area contributed by atoms with Gasteiger partial charge in [-0.1, -0.05) is 0 Å². The van der Waals surface area contributed by atoms with Crippen molar-refractivity contribution in [1.82, 2.24) is 0 Å². The molecule has 0 aliphatic rings. The zero-order valence-corrected chi connectivity index (χ0v) is 13.1. The summed E-state index contributed by atoms with van der Waals surface area (Å²) in [7, 11) is 0.159. The number of rotatable bonds is 5. The number of nitrogens with one attached hydrogen (secondary N) is 1. The number of furan rings is 1. The van der Waals surface area contributed by atoms with Crippen LogP contribution >= 0.6 is 0 Å². The minimum Gasteiger partial charge on any atom is -0.464 e. The van der Waals surface area contributed by atoms with Gasteiger partial charge in [-0.05, 0) is 31.2 Å². The third kappa shape index (κ3) is 3.37. The molecule has 0 saturated carbocycles. The SMILES string of the molecule is Cc1oc(CN)cc1S(=O)(=O)Nc1ccc(N(C)C)cc1. The second-order valence-electron chi connectivity index (χ2n) is 4.88. The van der Waals surface area contributed by atoms with Crippen molar-refractivity contribution in [1.29, 1.82) is 0 Å². The lowest BCUT2D eigenvalue weighted by Crippen LogP contribution is -2.13. The fourth-order valence-corrected chi connectivity index (χ4v) is 3.19. The molecule has 1 heterocycles. The highest BCUT2D eigenvalue weighted by Gasteiger charge is 2.21. The number of anilines is 2. The summed E-state index contributed by atoms with van der Waals surface area (Å²) in [5.41, 5.74) is 6.94. The summed E-state index contributed by atoms with van der Waals surface area (Å²) in [6, 6.07) is 8.56. The van der Waals surface area contributed by atoms with Gasteiger partial charge in [-0.25, -0.2) is 8.42 Å².